The first-order valence-corrected chi connectivity index (χ1v) is 7.23. The smallest absolute Gasteiger partial charge is 0.313 e. The summed E-state index contributed by atoms with van der Waals surface area (Å²) >= 11 is 1.23. The Kier molecular flexibility index (Phi) is 4.39. The first kappa shape index (κ1) is 14.5. The normalized spacial score (nSPS) is 10.6. The van der Waals surface area contributed by atoms with Crippen LogP contribution in [0.5, 0.6) is 0 Å². The number of carbonyl (C=O) groups is 1. The Hall–Kier alpha value is -1.88. The molecule has 0 radical (unpaired) electrons. The minimum atomic E-state index is -0.845. The lowest BCUT2D eigenvalue weighted by Crippen LogP contribution is -2.02. The zero-order valence-corrected chi connectivity index (χ0v) is 12.5. The Morgan fingerprint density at radius 1 is 1.15 bits per heavy atom. The maximum Gasteiger partial charge on any atom is 0.313 e. The van der Waals surface area contributed by atoms with Crippen molar-refractivity contribution in [2.24, 2.45) is 0 Å². The highest BCUT2D eigenvalue weighted by molar-refractivity contribution is 7.99. The van der Waals surface area contributed by atoms with Gasteiger partial charge in [0.1, 0.15) is 5.03 Å². The van der Waals surface area contributed by atoms with E-state index >= 15 is 0 Å². The molecule has 0 fully saturated rings. The van der Waals surface area contributed by atoms with Crippen molar-refractivity contribution in [1.82, 2.24) is 9.97 Å². The standard InChI is InChI=1S/C15H16N2O2S/c1-9-4-6-12(7-5-9)14-16-11(3)10(2)15(17-14)20-8-13(18)19/h4-7H,8H2,1-3H3,(H,18,19). The van der Waals surface area contributed by atoms with Crippen LogP contribution in [0.4, 0.5) is 0 Å². The lowest BCUT2D eigenvalue weighted by atomic mass is 10.1. The summed E-state index contributed by atoms with van der Waals surface area (Å²) in [6.07, 6.45) is 0. The maximum absolute atomic E-state index is 10.7. The second kappa shape index (κ2) is 6.05. The highest BCUT2D eigenvalue weighted by Crippen LogP contribution is 2.25. The van der Waals surface area contributed by atoms with Gasteiger partial charge >= 0.3 is 5.97 Å². The van der Waals surface area contributed by atoms with Crippen LogP contribution >= 0.6 is 11.8 Å². The van der Waals surface area contributed by atoms with Gasteiger partial charge in [0.25, 0.3) is 0 Å². The van der Waals surface area contributed by atoms with E-state index in [1.54, 1.807) is 0 Å². The van der Waals surface area contributed by atoms with Crippen molar-refractivity contribution < 1.29 is 9.90 Å². The fraction of sp³-hybridized carbons (Fsp3) is 0.267. The second-order valence-electron chi connectivity index (χ2n) is 4.61. The molecule has 0 aliphatic heterocycles. The monoisotopic (exact) mass is 288 g/mol. The molecule has 0 amide bonds. The number of nitrogens with zero attached hydrogens (tertiary/aromatic N) is 2. The molecule has 2 rings (SSSR count). The van der Waals surface area contributed by atoms with Crippen LogP contribution < -0.4 is 0 Å². The van der Waals surface area contributed by atoms with E-state index < -0.39 is 5.97 Å². The Bertz CT molecular complexity index is 639. The van der Waals surface area contributed by atoms with Gasteiger partial charge in [-0.1, -0.05) is 41.6 Å². The van der Waals surface area contributed by atoms with Crippen LogP contribution in [0, 0.1) is 20.8 Å². The molecule has 2 aromatic rings. The lowest BCUT2D eigenvalue weighted by molar-refractivity contribution is -0.133. The molecule has 5 heteroatoms. The minimum absolute atomic E-state index is 0.00459. The van der Waals surface area contributed by atoms with Crippen LogP contribution in [-0.4, -0.2) is 26.8 Å². The second-order valence-corrected chi connectivity index (χ2v) is 5.58. The molecule has 0 aliphatic rings. The Balaban J connectivity index is 2.39. The predicted molar refractivity (Wildman–Crippen MR) is 80.0 cm³/mol. The Labute approximate surface area is 122 Å². The largest absolute Gasteiger partial charge is 0.481 e. The maximum atomic E-state index is 10.7. The van der Waals surface area contributed by atoms with Gasteiger partial charge < -0.3 is 5.11 Å². The first-order chi connectivity index (χ1) is 9.47. The summed E-state index contributed by atoms with van der Waals surface area (Å²) in [7, 11) is 0. The summed E-state index contributed by atoms with van der Waals surface area (Å²) in [5.41, 5.74) is 3.93. The molecule has 0 atom stereocenters. The van der Waals surface area contributed by atoms with E-state index in [-0.39, 0.29) is 5.75 Å². The van der Waals surface area contributed by atoms with Gasteiger partial charge in [0.05, 0.1) is 5.75 Å². The molecular weight excluding hydrogens is 272 g/mol. The number of thioether (sulfide) groups is 1. The van der Waals surface area contributed by atoms with Gasteiger partial charge in [-0.3, -0.25) is 4.79 Å². The molecule has 1 aromatic heterocycles. The molecule has 1 N–H and O–H groups in total. The summed E-state index contributed by atoms with van der Waals surface area (Å²) in [6.45, 7) is 5.86. The fourth-order valence-electron chi connectivity index (χ4n) is 1.70. The number of carboxylic acid groups (broad SMARTS) is 1. The average molecular weight is 288 g/mol. The zero-order chi connectivity index (χ0) is 14.7. The van der Waals surface area contributed by atoms with E-state index in [9.17, 15) is 4.79 Å². The number of carboxylic acids is 1. The minimum Gasteiger partial charge on any atom is -0.481 e. The van der Waals surface area contributed by atoms with E-state index in [1.165, 1.54) is 17.3 Å². The van der Waals surface area contributed by atoms with Gasteiger partial charge in [-0.25, -0.2) is 9.97 Å². The predicted octanol–water partition coefficient (Wildman–Crippen LogP) is 3.25. The van der Waals surface area contributed by atoms with Gasteiger partial charge in [0.2, 0.25) is 0 Å². The molecule has 1 aromatic carbocycles. The molecule has 1 heterocycles. The molecule has 104 valence electrons. The molecule has 4 nitrogen and oxygen atoms in total. The van der Waals surface area contributed by atoms with Crippen LogP contribution in [-0.2, 0) is 4.79 Å². The fourth-order valence-corrected chi connectivity index (χ4v) is 2.48. The number of aromatic nitrogens is 2. The van der Waals surface area contributed by atoms with E-state index in [0.29, 0.717) is 5.82 Å². The molecule has 0 saturated heterocycles. The van der Waals surface area contributed by atoms with Gasteiger partial charge in [-0.15, -0.1) is 0 Å². The van der Waals surface area contributed by atoms with Crippen molar-refractivity contribution in [3.8, 4) is 11.4 Å². The van der Waals surface area contributed by atoms with Gasteiger partial charge in [-0.2, -0.15) is 0 Å². The third kappa shape index (κ3) is 3.36. The van der Waals surface area contributed by atoms with Crippen molar-refractivity contribution >= 4 is 17.7 Å². The molecular formula is C15H16N2O2S. The van der Waals surface area contributed by atoms with Crippen LogP contribution in [0.3, 0.4) is 0 Å². The van der Waals surface area contributed by atoms with E-state index in [4.69, 9.17) is 5.11 Å². The molecule has 0 spiro atoms. The summed E-state index contributed by atoms with van der Waals surface area (Å²) in [4.78, 5) is 19.7. The van der Waals surface area contributed by atoms with E-state index in [2.05, 4.69) is 9.97 Å². The zero-order valence-electron chi connectivity index (χ0n) is 11.7. The highest BCUT2D eigenvalue weighted by Gasteiger charge is 2.11. The van der Waals surface area contributed by atoms with Crippen LogP contribution in [0.15, 0.2) is 29.3 Å². The Morgan fingerprint density at radius 3 is 2.40 bits per heavy atom. The SMILES string of the molecule is Cc1ccc(-c2nc(C)c(C)c(SCC(=O)O)n2)cc1. The molecule has 0 bridgehead atoms. The van der Waals surface area contributed by atoms with Crippen molar-refractivity contribution in [2.45, 2.75) is 25.8 Å². The molecule has 0 aliphatic carbocycles. The lowest BCUT2D eigenvalue weighted by Gasteiger charge is -2.09. The number of aliphatic carboxylic acids is 1. The number of aryl methyl sites for hydroxylation is 2. The van der Waals surface area contributed by atoms with Crippen LogP contribution in [0.1, 0.15) is 16.8 Å². The summed E-state index contributed by atoms with van der Waals surface area (Å²) in [5.74, 6) is -0.200. The highest BCUT2D eigenvalue weighted by atomic mass is 32.2. The van der Waals surface area contributed by atoms with Crippen molar-refractivity contribution in [2.75, 3.05) is 5.75 Å². The quantitative estimate of drug-likeness (QED) is 0.691. The molecule has 20 heavy (non-hydrogen) atoms. The number of hydrogen-bond donors (Lipinski definition) is 1. The van der Waals surface area contributed by atoms with E-state index in [1.807, 2.05) is 45.0 Å². The average Bonchev–Trinajstić information content (AvgIpc) is 2.41. The first-order valence-electron chi connectivity index (χ1n) is 6.24. The Morgan fingerprint density at radius 2 is 1.80 bits per heavy atom. The third-order valence-corrected chi connectivity index (χ3v) is 4.05. The summed E-state index contributed by atoms with van der Waals surface area (Å²) in [6, 6.07) is 7.98. The molecule has 0 saturated carbocycles. The third-order valence-electron chi connectivity index (χ3n) is 2.99. The van der Waals surface area contributed by atoms with Gasteiger partial charge in [0, 0.05) is 16.8 Å². The van der Waals surface area contributed by atoms with Crippen molar-refractivity contribution in [1.29, 1.82) is 0 Å². The number of benzene rings is 1. The summed E-state index contributed by atoms with van der Waals surface area (Å²) in [5, 5.41) is 9.52. The molecule has 0 unspecified atom stereocenters. The van der Waals surface area contributed by atoms with Crippen LogP contribution in [0.2, 0.25) is 0 Å². The number of rotatable bonds is 4. The van der Waals surface area contributed by atoms with Crippen molar-refractivity contribution in [3.05, 3.63) is 41.1 Å². The summed E-state index contributed by atoms with van der Waals surface area (Å²) < 4.78 is 0. The van der Waals surface area contributed by atoms with Gasteiger partial charge in [0.15, 0.2) is 5.82 Å². The van der Waals surface area contributed by atoms with Crippen molar-refractivity contribution in [3.63, 3.8) is 0 Å². The van der Waals surface area contributed by atoms with Crippen LogP contribution in [0.25, 0.3) is 11.4 Å². The topological polar surface area (TPSA) is 63.1 Å². The number of hydrogen-bond acceptors (Lipinski definition) is 4. The van der Waals surface area contributed by atoms with E-state index in [0.717, 1.165) is 21.8 Å². The van der Waals surface area contributed by atoms with Gasteiger partial charge in [-0.05, 0) is 20.8 Å².